The predicted octanol–water partition coefficient (Wildman–Crippen LogP) is 3.17. The smallest absolute Gasteiger partial charge is 0.223 e. The summed E-state index contributed by atoms with van der Waals surface area (Å²) in [5.41, 5.74) is 1.35. The first-order chi connectivity index (χ1) is 9.22. The van der Waals surface area contributed by atoms with E-state index in [1.54, 1.807) is 0 Å². The molecule has 0 spiro atoms. The average molecular weight is 257 g/mol. The summed E-state index contributed by atoms with van der Waals surface area (Å²) in [4.78, 5) is 12.1. The fourth-order valence-corrected chi connectivity index (χ4v) is 3.39. The molecule has 2 aliphatic rings. The fourth-order valence-electron chi connectivity index (χ4n) is 3.39. The van der Waals surface area contributed by atoms with Gasteiger partial charge >= 0.3 is 0 Å². The molecule has 3 rings (SSSR count). The lowest BCUT2D eigenvalue weighted by atomic mass is 10.0. The van der Waals surface area contributed by atoms with Gasteiger partial charge in [0.2, 0.25) is 5.91 Å². The molecule has 2 heteroatoms. The van der Waals surface area contributed by atoms with Gasteiger partial charge < -0.3 is 5.32 Å². The number of nitrogens with one attached hydrogen (secondary N) is 1. The monoisotopic (exact) mass is 257 g/mol. The number of carbonyl (C=O) groups is 1. The van der Waals surface area contributed by atoms with Crippen molar-refractivity contribution >= 4 is 5.91 Å². The van der Waals surface area contributed by atoms with Crippen LogP contribution in [0.3, 0.4) is 0 Å². The van der Waals surface area contributed by atoms with Gasteiger partial charge in [0.1, 0.15) is 0 Å². The quantitative estimate of drug-likeness (QED) is 0.862. The normalized spacial score (nSPS) is 29.6. The van der Waals surface area contributed by atoms with E-state index in [1.165, 1.54) is 12.0 Å². The lowest BCUT2D eigenvalue weighted by Gasteiger charge is -2.18. The molecular weight excluding hydrogens is 234 g/mol. The summed E-state index contributed by atoms with van der Waals surface area (Å²) in [6, 6.07) is 10.8. The number of hydrogen-bond donors (Lipinski definition) is 1. The molecule has 0 aromatic heterocycles. The highest BCUT2D eigenvalue weighted by Gasteiger charge is 2.48. The summed E-state index contributed by atoms with van der Waals surface area (Å²) in [5, 5.41) is 3.19. The Kier molecular flexibility index (Phi) is 3.58. The Bertz CT molecular complexity index is 432. The molecule has 2 saturated carbocycles. The maximum atomic E-state index is 12.1. The summed E-state index contributed by atoms with van der Waals surface area (Å²) in [6.45, 7) is 2.12. The summed E-state index contributed by atoms with van der Waals surface area (Å²) >= 11 is 0. The number of fused-ring (bicyclic) bond motifs is 1. The minimum atomic E-state index is 0.282. The Morgan fingerprint density at radius 2 is 1.89 bits per heavy atom. The van der Waals surface area contributed by atoms with E-state index >= 15 is 0 Å². The van der Waals surface area contributed by atoms with Crippen LogP contribution in [-0.4, -0.2) is 11.9 Å². The van der Waals surface area contributed by atoms with Crippen molar-refractivity contribution in [3.05, 3.63) is 35.9 Å². The van der Waals surface area contributed by atoms with Gasteiger partial charge in [-0.05, 0) is 56.4 Å². The van der Waals surface area contributed by atoms with E-state index in [1.807, 2.05) is 6.07 Å². The molecule has 102 valence electrons. The molecule has 0 radical (unpaired) electrons. The van der Waals surface area contributed by atoms with Crippen LogP contribution in [-0.2, 0) is 11.2 Å². The van der Waals surface area contributed by atoms with Crippen molar-refractivity contribution in [3.8, 4) is 0 Å². The van der Waals surface area contributed by atoms with Crippen LogP contribution < -0.4 is 5.32 Å². The molecule has 1 aromatic rings. The molecule has 3 atom stereocenters. The highest BCUT2D eigenvalue weighted by molar-refractivity contribution is 5.79. The van der Waals surface area contributed by atoms with E-state index in [-0.39, 0.29) is 6.04 Å². The van der Waals surface area contributed by atoms with Crippen LogP contribution in [0.2, 0.25) is 0 Å². The second-order valence-corrected chi connectivity index (χ2v) is 6.36. The minimum absolute atomic E-state index is 0.282. The van der Waals surface area contributed by atoms with Crippen molar-refractivity contribution in [2.24, 2.45) is 17.8 Å². The molecule has 2 fully saturated rings. The third kappa shape index (κ3) is 3.17. The first kappa shape index (κ1) is 12.7. The Hall–Kier alpha value is -1.31. The first-order valence-corrected chi connectivity index (χ1v) is 7.56. The number of hydrogen-bond acceptors (Lipinski definition) is 1. The van der Waals surface area contributed by atoms with Gasteiger partial charge in [-0.3, -0.25) is 4.79 Å². The molecule has 19 heavy (non-hydrogen) atoms. The van der Waals surface area contributed by atoms with Gasteiger partial charge in [-0.2, -0.15) is 0 Å². The van der Waals surface area contributed by atoms with Gasteiger partial charge in [-0.1, -0.05) is 30.3 Å². The molecule has 2 aliphatic carbocycles. The van der Waals surface area contributed by atoms with Crippen molar-refractivity contribution in [1.29, 1.82) is 0 Å². The maximum Gasteiger partial charge on any atom is 0.223 e. The molecule has 0 heterocycles. The van der Waals surface area contributed by atoms with Gasteiger partial charge in [0.25, 0.3) is 0 Å². The van der Waals surface area contributed by atoms with Gasteiger partial charge in [-0.25, -0.2) is 0 Å². The zero-order valence-electron chi connectivity index (χ0n) is 11.6. The number of carbonyl (C=O) groups excluding carboxylic acids is 1. The fraction of sp³-hybridized carbons (Fsp3) is 0.588. The van der Waals surface area contributed by atoms with Crippen LogP contribution in [0.1, 0.15) is 38.2 Å². The van der Waals surface area contributed by atoms with E-state index in [2.05, 4.69) is 36.5 Å². The van der Waals surface area contributed by atoms with Gasteiger partial charge in [0.05, 0.1) is 0 Å². The molecule has 0 bridgehead atoms. The summed E-state index contributed by atoms with van der Waals surface area (Å²) in [7, 11) is 0. The molecule has 1 amide bonds. The second kappa shape index (κ2) is 5.36. The van der Waals surface area contributed by atoms with Crippen molar-refractivity contribution < 1.29 is 4.79 Å². The van der Waals surface area contributed by atoms with Crippen LogP contribution in [0, 0.1) is 17.8 Å². The number of aryl methyl sites for hydroxylation is 1. The molecule has 2 nitrogen and oxygen atoms in total. The second-order valence-electron chi connectivity index (χ2n) is 6.36. The van der Waals surface area contributed by atoms with E-state index in [9.17, 15) is 4.79 Å². The van der Waals surface area contributed by atoms with Gasteiger partial charge in [-0.15, -0.1) is 0 Å². The largest absolute Gasteiger partial charge is 0.353 e. The van der Waals surface area contributed by atoms with Crippen LogP contribution in [0.5, 0.6) is 0 Å². The molecule has 0 aliphatic heterocycles. The van der Waals surface area contributed by atoms with Crippen molar-refractivity contribution in [1.82, 2.24) is 5.32 Å². The molecular formula is C17H23NO. The topological polar surface area (TPSA) is 29.1 Å². The lowest BCUT2D eigenvalue weighted by molar-refractivity contribution is -0.125. The van der Waals surface area contributed by atoms with E-state index in [4.69, 9.17) is 0 Å². The third-order valence-electron chi connectivity index (χ3n) is 4.71. The highest BCUT2D eigenvalue weighted by atomic mass is 16.1. The van der Waals surface area contributed by atoms with Crippen LogP contribution >= 0.6 is 0 Å². The molecule has 1 aromatic carbocycles. The number of rotatable bonds is 5. The summed E-state index contributed by atoms with van der Waals surface area (Å²) in [6.07, 6.45) is 5.73. The average Bonchev–Trinajstić information content (AvgIpc) is 3.04. The Labute approximate surface area is 115 Å². The maximum absolute atomic E-state index is 12.1. The van der Waals surface area contributed by atoms with Crippen LogP contribution in [0.4, 0.5) is 0 Å². The van der Waals surface area contributed by atoms with Gasteiger partial charge in [0.15, 0.2) is 0 Å². The van der Waals surface area contributed by atoms with Crippen LogP contribution in [0.15, 0.2) is 30.3 Å². The Morgan fingerprint density at radius 3 is 2.58 bits per heavy atom. The number of benzene rings is 1. The molecule has 3 unspecified atom stereocenters. The standard InChI is InChI=1S/C17H23NO/c1-12(7-8-13-5-3-2-4-6-13)18-17(19)16-10-14-9-15(14)11-16/h2-6,12,14-16H,7-11H2,1H3,(H,18,19). The molecule has 1 N–H and O–H groups in total. The van der Waals surface area contributed by atoms with Gasteiger partial charge in [0, 0.05) is 12.0 Å². The number of amides is 1. The summed E-state index contributed by atoms with van der Waals surface area (Å²) in [5.74, 6) is 2.38. The van der Waals surface area contributed by atoms with Crippen LogP contribution in [0.25, 0.3) is 0 Å². The van der Waals surface area contributed by atoms with Crippen molar-refractivity contribution in [3.63, 3.8) is 0 Å². The molecule has 0 saturated heterocycles. The van der Waals surface area contributed by atoms with E-state index in [0.29, 0.717) is 11.8 Å². The SMILES string of the molecule is CC(CCc1ccccc1)NC(=O)C1CC2CC2C1. The lowest BCUT2D eigenvalue weighted by Crippen LogP contribution is -2.37. The minimum Gasteiger partial charge on any atom is -0.353 e. The van der Waals surface area contributed by atoms with Crippen molar-refractivity contribution in [2.75, 3.05) is 0 Å². The zero-order chi connectivity index (χ0) is 13.2. The Morgan fingerprint density at radius 1 is 1.21 bits per heavy atom. The van der Waals surface area contributed by atoms with Crippen molar-refractivity contribution in [2.45, 2.75) is 45.1 Å². The Balaban J connectivity index is 1.41. The first-order valence-electron chi connectivity index (χ1n) is 7.56. The third-order valence-corrected chi connectivity index (χ3v) is 4.71. The highest BCUT2D eigenvalue weighted by Crippen LogP contribution is 2.54. The predicted molar refractivity (Wildman–Crippen MR) is 76.7 cm³/mol. The zero-order valence-corrected chi connectivity index (χ0v) is 11.6. The van der Waals surface area contributed by atoms with E-state index < -0.39 is 0 Å². The summed E-state index contributed by atoms with van der Waals surface area (Å²) < 4.78 is 0. The van der Waals surface area contributed by atoms with E-state index in [0.717, 1.165) is 37.5 Å².